The average molecular weight is 282 g/mol. The van der Waals surface area contributed by atoms with E-state index in [4.69, 9.17) is 9.52 Å². The van der Waals surface area contributed by atoms with Crippen molar-refractivity contribution in [2.75, 3.05) is 24.6 Å². The van der Waals surface area contributed by atoms with Crippen molar-refractivity contribution in [2.24, 2.45) is 5.92 Å². The summed E-state index contributed by atoms with van der Waals surface area (Å²) in [7, 11) is 0. The monoisotopic (exact) mass is 282 g/mol. The number of aliphatic hydroxyl groups is 1. The van der Waals surface area contributed by atoms with E-state index in [0.29, 0.717) is 30.4 Å². The first kappa shape index (κ1) is 15.3. The van der Waals surface area contributed by atoms with E-state index in [0.717, 1.165) is 19.5 Å². The molecule has 2 N–H and O–H groups in total. The minimum atomic E-state index is 0.195. The standard InChI is InChI=1S/C14H26N4O2/c1-11(2)9-15-10-13-16-17-14(20-13)18(7-4-8-19)12-5-3-6-12/h11-12,15,19H,3-10H2,1-2H3. The van der Waals surface area contributed by atoms with Crippen LogP contribution < -0.4 is 10.2 Å². The summed E-state index contributed by atoms with van der Waals surface area (Å²) in [6, 6.07) is 1.10. The molecule has 1 aliphatic carbocycles. The van der Waals surface area contributed by atoms with E-state index in [9.17, 15) is 0 Å². The number of anilines is 1. The first-order chi connectivity index (χ1) is 9.70. The Bertz CT molecular complexity index is 390. The molecular weight excluding hydrogens is 256 g/mol. The van der Waals surface area contributed by atoms with E-state index in [1.54, 1.807) is 0 Å². The molecule has 0 unspecified atom stereocenters. The highest BCUT2D eigenvalue weighted by atomic mass is 16.4. The molecule has 1 aromatic rings. The van der Waals surface area contributed by atoms with E-state index >= 15 is 0 Å². The fourth-order valence-electron chi connectivity index (χ4n) is 2.27. The molecule has 1 fully saturated rings. The Kier molecular flexibility index (Phi) is 5.79. The Balaban J connectivity index is 1.89. The maximum Gasteiger partial charge on any atom is 0.318 e. The summed E-state index contributed by atoms with van der Waals surface area (Å²) in [5.41, 5.74) is 0. The molecule has 6 heteroatoms. The van der Waals surface area contributed by atoms with Crippen LogP contribution in [0, 0.1) is 5.92 Å². The summed E-state index contributed by atoms with van der Waals surface area (Å²) in [4.78, 5) is 2.15. The lowest BCUT2D eigenvalue weighted by atomic mass is 9.91. The highest BCUT2D eigenvalue weighted by Gasteiger charge is 2.28. The van der Waals surface area contributed by atoms with Gasteiger partial charge in [0.05, 0.1) is 6.54 Å². The summed E-state index contributed by atoms with van der Waals surface area (Å²) in [5.74, 6) is 1.24. The van der Waals surface area contributed by atoms with Crippen LogP contribution in [0.5, 0.6) is 0 Å². The predicted molar refractivity (Wildman–Crippen MR) is 77.5 cm³/mol. The fourth-order valence-corrected chi connectivity index (χ4v) is 2.27. The van der Waals surface area contributed by atoms with Crippen molar-refractivity contribution in [2.45, 2.75) is 52.1 Å². The average Bonchev–Trinajstić information content (AvgIpc) is 2.80. The van der Waals surface area contributed by atoms with E-state index in [1.807, 2.05) is 0 Å². The predicted octanol–water partition coefficient (Wildman–Crippen LogP) is 1.56. The number of rotatable bonds is 9. The molecule has 0 bridgehead atoms. The van der Waals surface area contributed by atoms with Gasteiger partial charge in [0, 0.05) is 19.2 Å². The van der Waals surface area contributed by atoms with Crippen LogP contribution in [-0.4, -0.2) is 41.0 Å². The van der Waals surface area contributed by atoms with Crippen molar-refractivity contribution in [1.82, 2.24) is 15.5 Å². The number of nitrogens with zero attached hydrogens (tertiary/aromatic N) is 3. The van der Waals surface area contributed by atoms with Gasteiger partial charge in [0.1, 0.15) is 0 Å². The zero-order valence-electron chi connectivity index (χ0n) is 12.5. The molecule has 2 rings (SSSR count). The molecule has 0 radical (unpaired) electrons. The lowest BCUT2D eigenvalue weighted by Crippen LogP contribution is -2.41. The van der Waals surface area contributed by atoms with E-state index < -0.39 is 0 Å². The van der Waals surface area contributed by atoms with Gasteiger partial charge in [0.2, 0.25) is 5.89 Å². The molecule has 0 saturated heterocycles. The Labute approximate surface area is 120 Å². The second-order valence-electron chi connectivity index (χ2n) is 5.86. The number of hydrogen-bond donors (Lipinski definition) is 2. The van der Waals surface area contributed by atoms with Gasteiger partial charge in [-0.2, -0.15) is 0 Å². The molecule has 20 heavy (non-hydrogen) atoms. The Hall–Kier alpha value is -1.14. The smallest absolute Gasteiger partial charge is 0.318 e. The van der Waals surface area contributed by atoms with E-state index in [2.05, 4.69) is 34.3 Å². The van der Waals surface area contributed by atoms with Crippen molar-refractivity contribution >= 4 is 6.01 Å². The summed E-state index contributed by atoms with van der Waals surface area (Å²) in [6.07, 6.45) is 4.35. The molecule has 1 saturated carbocycles. The van der Waals surface area contributed by atoms with E-state index in [-0.39, 0.29) is 6.61 Å². The lowest BCUT2D eigenvalue weighted by molar-refractivity contribution is 0.279. The van der Waals surface area contributed by atoms with Gasteiger partial charge in [-0.05, 0) is 38.1 Å². The van der Waals surface area contributed by atoms with Crippen LogP contribution in [0.25, 0.3) is 0 Å². The SMILES string of the molecule is CC(C)CNCc1nnc(N(CCCO)C2CCC2)o1. The molecule has 1 aromatic heterocycles. The van der Waals surface area contributed by atoms with Crippen molar-refractivity contribution in [3.8, 4) is 0 Å². The van der Waals surface area contributed by atoms with Crippen LogP contribution >= 0.6 is 0 Å². The summed E-state index contributed by atoms with van der Waals surface area (Å²) < 4.78 is 5.74. The largest absolute Gasteiger partial charge is 0.407 e. The summed E-state index contributed by atoms with van der Waals surface area (Å²) >= 11 is 0. The molecule has 0 atom stereocenters. The van der Waals surface area contributed by atoms with Gasteiger partial charge in [-0.3, -0.25) is 0 Å². The molecule has 1 heterocycles. The minimum absolute atomic E-state index is 0.195. The number of hydrogen-bond acceptors (Lipinski definition) is 6. The maximum atomic E-state index is 9.00. The van der Waals surface area contributed by atoms with Crippen LogP contribution in [0.2, 0.25) is 0 Å². The van der Waals surface area contributed by atoms with Gasteiger partial charge in [0.25, 0.3) is 0 Å². The summed E-state index contributed by atoms with van der Waals surface area (Å²) in [6.45, 7) is 6.86. The molecule has 0 amide bonds. The molecule has 0 spiro atoms. The first-order valence-electron chi connectivity index (χ1n) is 7.61. The minimum Gasteiger partial charge on any atom is -0.407 e. The fraction of sp³-hybridized carbons (Fsp3) is 0.857. The molecular formula is C14H26N4O2. The number of aromatic nitrogens is 2. The molecule has 6 nitrogen and oxygen atoms in total. The van der Waals surface area contributed by atoms with Crippen LogP contribution in [-0.2, 0) is 6.54 Å². The van der Waals surface area contributed by atoms with Crippen LogP contribution in [0.3, 0.4) is 0 Å². The Morgan fingerprint density at radius 1 is 1.40 bits per heavy atom. The van der Waals surface area contributed by atoms with Gasteiger partial charge in [-0.25, -0.2) is 0 Å². The zero-order valence-corrected chi connectivity index (χ0v) is 12.5. The zero-order chi connectivity index (χ0) is 14.4. The Morgan fingerprint density at radius 2 is 2.20 bits per heavy atom. The lowest BCUT2D eigenvalue weighted by Gasteiger charge is -2.36. The summed E-state index contributed by atoms with van der Waals surface area (Å²) in [5, 5.41) is 20.6. The number of aliphatic hydroxyl groups excluding tert-OH is 1. The van der Waals surface area contributed by atoms with Gasteiger partial charge in [-0.1, -0.05) is 18.9 Å². The second-order valence-corrected chi connectivity index (χ2v) is 5.86. The molecule has 1 aliphatic rings. The molecule has 0 aromatic carbocycles. The number of nitrogens with one attached hydrogen (secondary N) is 1. The quantitative estimate of drug-likeness (QED) is 0.716. The van der Waals surface area contributed by atoms with Gasteiger partial charge in [-0.15, -0.1) is 5.10 Å². The third-order valence-electron chi connectivity index (χ3n) is 3.60. The maximum absolute atomic E-state index is 9.00. The van der Waals surface area contributed by atoms with Gasteiger partial charge < -0.3 is 19.7 Å². The first-order valence-corrected chi connectivity index (χ1v) is 7.61. The second kappa shape index (κ2) is 7.59. The normalized spacial score (nSPS) is 15.6. The van der Waals surface area contributed by atoms with Crippen molar-refractivity contribution < 1.29 is 9.52 Å². The third-order valence-corrected chi connectivity index (χ3v) is 3.60. The topological polar surface area (TPSA) is 74.4 Å². The van der Waals surface area contributed by atoms with Crippen LogP contribution in [0.4, 0.5) is 6.01 Å². The Morgan fingerprint density at radius 3 is 2.80 bits per heavy atom. The van der Waals surface area contributed by atoms with E-state index in [1.165, 1.54) is 19.3 Å². The highest BCUT2D eigenvalue weighted by molar-refractivity contribution is 5.27. The van der Waals surface area contributed by atoms with Crippen molar-refractivity contribution in [3.63, 3.8) is 0 Å². The van der Waals surface area contributed by atoms with Gasteiger partial charge >= 0.3 is 6.01 Å². The van der Waals surface area contributed by atoms with Crippen molar-refractivity contribution in [1.29, 1.82) is 0 Å². The highest BCUT2D eigenvalue weighted by Crippen LogP contribution is 2.28. The van der Waals surface area contributed by atoms with Crippen LogP contribution in [0.15, 0.2) is 4.42 Å². The van der Waals surface area contributed by atoms with Crippen molar-refractivity contribution in [3.05, 3.63) is 5.89 Å². The van der Waals surface area contributed by atoms with Gasteiger partial charge in [0.15, 0.2) is 0 Å². The third kappa shape index (κ3) is 4.18. The molecule has 114 valence electrons. The molecule has 0 aliphatic heterocycles. The van der Waals surface area contributed by atoms with Crippen LogP contribution in [0.1, 0.15) is 45.4 Å².